The molecule has 2 heterocycles. The number of carbonyl (C=O) groups is 1. The summed E-state index contributed by atoms with van der Waals surface area (Å²) in [6.45, 7) is 4.13. The lowest BCUT2D eigenvalue weighted by molar-refractivity contribution is -0.190. The number of benzene rings is 2. The van der Waals surface area contributed by atoms with Crippen molar-refractivity contribution in [3.05, 3.63) is 71.3 Å². The van der Waals surface area contributed by atoms with Crippen LogP contribution in [0.3, 0.4) is 0 Å². The van der Waals surface area contributed by atoms with Gasteiger partial charge in [-0.2, -0.15) is 0 Å². The lowest BCUT2D eigenvalue weighted by atomic mass is 9.75. The van der Waals surface area contributed by atoms with Crippen molar-refractivity contribution in [2.24, 2.45) is 0 Å². The van der Waals surface area contributed by atoms with Crippen molar-refractivity contribution in [2.45, 2.75) is 75.3 Å². The Morgan fingerprint density at radius 1 is 1.06 bits per heavy atom. The first kappa shape index (κ1) is 22.6. The zero-order chi connectivity index (χ0) is 22.9. The minimum absolute atomic E-state index is 0.0311. The monoisotopic (exact) mass is 449 g/mol. The fourth-order valence-electron chi connectivity index (χ4n) is 5.71. The molecule has 2 aromatic rings. The number of hydrogen-bond donors (Lipinski definition) is 1. The minimum Gasteiger partial charge on any atom is -0.385 e. The molecule has 1 aliphatic carbocycles. The first-order valence-corrected chi connectivity index (χ1v) is 12.5. The highest BCUT2D eigenvalue weighted by atomic mass is 16.5. The molecule has 2 aliphatic heterocycles. The highest BCUT2D eigenvalue weighted by Gasteiger charge is 2.45. The molecular formula is C28H35NO4. The van der Waals surface area contributed by atoms with Crippen molar-refractivity contribution in [1.82, 2.24) is 4.90 Å². The van der Waals surface area contributed by atoms with E-state index in [9.17, 15) is 9.90 Å². The quantitative estimate of drug-likeness (QED) is 0.699. The smallest absolute Gasteiger partial charge is 0.253 e. The van der Waals surface area contributed by atoms with E-state index in [1.807, 2.05) is 35.2 Å². The van der Waals surface area contributed by atoms with Gasteiger partial charge in [-0.1, -0.05) is 42.5 Å². The molecule has 3 fully saturated rings. The second-order valence-electron chi connectivity index (χ2n) is 9.97. The van der Waals surface area contributed by atoms with Gasteiger partial charge in [-0.25, -0.2) is 0 Å². The normalized spacial score (nSPS) is 26.1. The summed E-state index contributed by atoms with van der Waals surface area (Å²) in [5.41, 5.74) is 1.88. The van der Waals surface area contributed by atoms with Gasteiger partial charge in [-0.3, -0.25) is 4.79 Å². The van der Waals surface area contributed by atoms with E-state index in [1.165, 1.54) is 5.56 Å². The maximum atomic E-state index is 13.2. The van der Waals surface area contributed by atoms with Gasteiger partial charge in [0.1, 0.15) is 0 Å². The molecule has 176 valence electrons. The highest BCUT2D eigenvalue weighted by Crippen LogP contribution is 2.44. The van der Waals surface area contributed by atoms with Crippen molar-refractivity contribution in [2.75, 3.05) is 19.7 Å². The molecule has 3 aliphatic rings. The van der Waals surface area contributed by atoms with Crippen LogP contribution in [-0.4, -0.2) is 47.3 Å². The van der Waals surface area contributed by atoms with E-state index >= 15 is 0 Å². The molecule has 33 heavy (non-hydrogen) atoms. The summed E-state index contributed by atoms with van der Waals surface area (Å²) in [5, 5.41) is 10.5. The van der Waals surface area contributed by atoms with Crippen LogP contribution in [0.2, 0.25) is 0 Å². The maximum absolute atomic E-state index is 13.2. The van der Waals surface area contributed by atoms with Crippen LogP contribution < -0.4 is 0 Å². The Hall–Kier alpha value is -2.21. The summed E-state index contributed by atoms with van der Waals surface area (Å²) >= 11 is 0. The van der Waals surface area contributed by atoms with Gasteiger partial charge in [-0.15, -0.1) is 0 Å². The fourth-order valence-corrected chi connectivity index (χ4v) is 5.71. The van der Waals surface area contributed by atoms with Crippen molar-refractivity contribution >= 4 is 5.91 Å². The third kappa shape index (κ3) is 4.59. The number of likely N-dealkylation sites (tertiary alicyclic amines) is 1. The second kappa shape index (κ2) is 9.21. The van der Waals surface area contributed by atoms with Gasteiger partial charge < -0.3 is 19.5 Å². The van der Waals surface area contributed by atoms with Gasteiger partial charge in [0.25, 0.3) is 5.91 Å². The van der Waals surface area contributed by atoms with Gasteiger partial charge in [0.15, 0.2) is 0 Å². The van der Waals surface area contributed by atoms with Gasteiger partial charge in [-0.05, 0) is 62.3 Å². The van der Waals surface area contributed by atoms with Crippen LogP contribution >= 0.6 is 0 Å². The molecule has 2 saturated heterocycles. The predicted molar refractivity (Wildman–Crippen MR) is 127 cm³/mol. The number of piperidine rings is 1. The van der Waals surface area contributed by atoms with Crippen LogP contribution in [-0.2, 0) is 15.1 Å². The zero-order valence-corrected chi connectivity index (χ0v) is 19.5. The summed E-state index contributed by atoms with van der Waals surface area (Å²) in [4.78, 5) is 15.1. The van der Waals surface area contributed by atoms with Gasteiger partial charge in [0.05, 0.1) is 23.4 Å². The summed E-state index contributed by atoms with van der Waals surface area (Å²) in [6, 6.07) is 18.0. The Balaban J connectivity index is 1.25. The Kier molecular flexibility index (Phi) is 6.30. The van der Waals surface area contributed by atoms with Crippen LogP contribution in [0.5, 0.6) is 0 Å². The van der Waals surface area contributed by atoms with Crippen LogP contribution in [0.25, 0.3) is 0 Å². The predicted octanol–water partition coefficient (Wildman–Crippen LogP) is 4.99. The number of nitrogens with zero attached hydrogens (tertiary/aromatic N) is 1. The third-order valence-corrected chi connectivity index (χ3v) is 7.85. The van der Waals surface area contributed by atoms with E-state index in [4.69, 9.17) is 9.47 Å². The average molecular weight is 450 g/mol. The molecule has 0 aromatic heterocycles. The summed E-state index contributed by atoms with van der Waals surface area (Å²) in [7, 11) is 0. The molecule has 5 nitrogen and oxygen atoms in total. The van der Waals surface area contributed by atoms with Crippen molar-refractivity contribution in [1.29, 1.82) is 0 Å². The summed E-state index contributed by atoms with van der Waals surface area (Å²) in [6.07, 6.45) is 6.30. The molecule has 0 radical (unpaired) electrons. The molecule has 1 saturated carbocycles. The first-order chi connectivity index (χ1) is 16.0. The van der Waals surface area contributed by atoms with Crippen LogP contribution in [0.4, 0.5) is 0 Å². The van der Waals surface area contributed by atoms with E-state index in [0.29, 0.717) is 25.3 Å². The molecular weight excluding hydrogens is 414 g/mol. The van der Waals surface area contributed by atoms with E-state index in [-0.39, 0.29) is 23.7 Å². The third-order valence-electron chi connectivity index (χ3n) is 7.85. The standard InChI is InChI=1S/C28H35NO4/c1-2-32-24-19-25(21-7-4-3-5-8-21)33-27(20-24)15-17-29(18-16-27)26(30)22-9-11-23(12-10-22)28(31)13-6-14-28/h3-5,7-12,24-25,31H,2,6,13-20H2,1H3/t24-,25-/m0/s1. The SMILES string of the molecule is CCO[C@H]1C[C@@H](c2ccccc2)OC2(CCN(C(=O)c3ccc(C4(O)CCC4)cc3)CC2)C1. The molecule has 5 heteroatoms. The minimum atomic E-state index is -0.691. The number of ether oxygens (including phenoxy) is 2. The Bertz CT molecular complexity index is 946. The van der Waals surface area contributed by atoms with Crippen molar-refractivity contribution < 1.29 is 19.4 Å². The fraction of sp³-hybridized carbons (Fsp3) is 0.536. The number of rotatable bonds is 5. The number of carbonyl (C=O) groups excluding carboxylic acids is 1. The van der Waals surface area contributed by atoms with Gasteiger partial charge in [0, 0.05) is 38.1 Å². The van der Waals surface area contributed by atoms with E-state index in [0.717, 1.165) is 50.5 Å². The molecule has 2 aromatic carbocycles. The molecule has 1 amide bonds. The van der Waals surface area contributed by atoms with E-state index < -0.39 is 5.60 Å². The van der Waals surface area contributed by atoms with E-state index in [2.05, 4.69) is 31.2 Å². The highest BCUT2D eigenvalue weighted by molar-refractivity contribution is 5.94. The van der Waals surface area contributed by atoms with Crippen LogP contribution in [0.15, 0.2) is 54.6 Å². The Labute approximate surface area is 196 Å². The van der Waals surface area contributed by atoms with Crippen molar-refractivity contribution in [3.8, 4) is 0 Å². The molecule has 1 N–H and O–H groups in total. The Morgan fingerprint density at radius 2 is 1.76 bits per heavy atom. The molecule has 5 rings (SSSR count). The van der Waals surface area contributed by atoms with Crippen LogP contribution in [0, 0.1) is 0 Å². The zero-order valence-electron chi connectivity index (χ0n) is 19.5. The largest absolute Gasteiger partial charge is 0.385 e. The molecule has 1 spiro atoms. The molecule has 0 unspecified atom stereocenters. The molecule has 0 bridgehead atoms. The molecule has 2 atom stereocenters. The number of aliphatic hydroxyl groups is 1. The lowest BCUT2D eigenvalue weighted by Crippen LogP contribution is -2.52. The Morgan fingerprint density at radius 3 is 2.36 bits per heavy atom. The van der Waals surface area contributed by atoms with Gasteiger partial charge in [0.2, 0.25) is 0 Å². The van der Waals surface area contributed by atoms with Crippen molar-refractivity contribution in [3.63, 3.8) is 0 Å². The summed E-state index contributed by atoms with van der Waals surface area (Å²) in [5.74, 6) is 0.0637. The number of amides is 1. The summed E-state index contributed by atoms with van der Waals surface area (Å²) < 4.78 is 12.8. The van der Waals surface area contributed by atoms with Gasteiger partial charge >= 0.3 is 0 Å². The van der Waals surface area contributed by atoms with Crippen LogP contribution in [0.1, 0.15) is 79.5 Å². The topological polar surface area (TPSA) is 59.0 Å². The number of hydrogen-bond acceptors (Lipinski definition) is 4. The second-order valence-corrected chi connectivity index (χ2v) is 9.97. The first-order valence-electron chi connectivity index (χ1n) is 12.5. The average Bonchev–Trinajstić information content (AvgIpc) is 2.83. The van der Waals surface area contributed by atoms with E-state index in [1.54, 1.807) is 0 Å². The lowest BCUT2D eigenvalue weighted by Gasteiger charge is -2.48. The maximum Gasteiger partial charge on any atom is 0.253 e.